The number of ketones is 1. The molecule has 1 unspecified atom stereocenters. The molecule has 1 aromatic heterocycles. The average Bonchev–Trinajstić information content (AvgIpc) is 2.75. The van der Waals surface area contributed by atoms with Gasteiger partial charge in [-0.25, -0.2) is 0 Å². The van der Waals surface area contributed by atoms with Gasteiger partial charge in [0.1, 0.15) is 0 Å². The first-order chi connectivity index (χ1) is 6.77. The first-order valence-electron chi connectivity index (χ1n) is 5.05. The quantitative estimate of drug-likeness (QED) is 0.686. The lowest BCUT2D eigenvalue weighted by Crippen LogP contribution is -2.17. The highest BCUT2D eigenvalue weighted by Crippen LogP contribution is 2.15. The zero-order valence-corrected chi connectivity index (χ0v) is 8.40. The van der Waals surface area contributed by atoms with Gasteiger partial charge in [-0.3, -0.25) is 4.79 Å². The second kappa shape index (κ2) is 3.96. The number of hydrogen-bond acceptors (Lipinski definition) is 2. The van der Waals surface area contributed by atoms with Gasteiger partial charge in [0, 0.05) is 26.3 Å². The van der Waals surface area contributed by atoms with E-state index in [0.29, 0.717) is 6.10 Å². The number of carbonyl (C=O) groups excluding carboxylic acids is 1. The van der Waals surface area contributed by atoms with Gasteiger partial charge in [-0.05, 0) is 25.0 Å². The van der Waals surface area contributed by atoms with E-state index in [-0.39, 0.29) is 5.78 Å². The zero-order chi connectivity index (χ0) is 9.97. The first-order valence-corrected chi connectivity index (χ1v) is 5.05. The van der Waals surface area contributed by atoms with Crippen molar-refractivity contribution in [1.29, 1.82) is 0 Å². The molecule has 0 bridgehead atoms. The van der Waals surface area contributed by atoms with Gasteiger partial charge in [-0.1, -0.05) is 0 Å². The summed E-state index contributed by atoms with van der Waals surface area (Å²) in [5.74, 6) is 0.119. The molecular formula is C11H15NO2. The van der Waals surface area contributed by atoms with Gasteiger partial charge in [0.05, 0.1) is 11.8 Å². The lowest BCUT2D eigenvalue weighted by atomic mass is 10.2. The van der Waals surface area contributed by atoms with Crippen molar-refractivity contribution in [1.82, 2.24) is 4.57 Å². The first kappa shape index (κ1) is 9.46. The lowest BCUT2D eigenvalue weighted by Gasteiger charge is -2.12. The molecule has 1 saturated heterocycles. The highest BCUT2D eigenvalue weighted by atomic mass is 16.5. The second-order valence-corrected chi connectivity index (χ2v) is 3.74. The molecule has 76 valence electrons. The maximum absolute atomic E-state index is 11.2. The van der Waals surface area contributed by atoms with Crippen LogP contribution in [0.1, 0.15) is 30.3 Å². The molecular weight excluding hydrogens is 178 g/mol. The molecule has 1 aromatic rings. The van der Waals surface area contributed by atoms with Gasteiger partial charge in [0.25, 0.3) is 0 Å². The van der Waals surface area contributed by atoms with E-state index < -0.39 is 0 Å². The van der Waals surface area contributed by atoms with Crippen molar-refractivity contribution in [2.24, 2.45) is 0 Å². The summed E-state index contributed by atoms with van der Waals surface area (Å²) in [6, 6.07) is 3.77. The van der Waals surface area contributed by atoms with E-state index in [1.807, 2.05) is 22.9 Å². The zero-order valence-electron chi connectivity index (χ0n) is 8.40. The van der Waals surface area contributed by atoms with Crippen molar-refractivity contribution >= 4 is 5.78 Å². The Morgan fingerprint density at radius 1 is 1.71 bits per heavy atom. The lowest BCUT2D eigenvalue weighted by molar-refractivity contribution is 0.0927. The molecule has 0 spiro atoms. The predicted octanol–water partition coefficient (Wildman–Crippen LogP) is 1.87. The van der Waals surface area contributed by atoms with E-state index in [4.69, 9.17) is 4.74 Å². The van der Waals surface area contributed by atoms with Gasteiger partial charge < -0.3 is 9.30 Å². The van der Waals surface area contributed by atoms with Crippen LogP contribution in [0.2, 0.25) is 0 Å². The largest absolute Gasteiger partial charge is 0.376 e. The van der Waals surface area contributed by atoms with Crippen LogP contribution in [0.5, 0.6) is 0 Å². The highest BCUT2D eigenvalue weighted by Gasteiger charge is 2.17. The van der Waals surface area contributed by atoms with Crippen molar-refractivity contribution in [3.05, 3.63) is 24.0 Å². The number of hydrogen-bond donors (Lipinski definition) is 0. The van der Waals surface area contributed by atoms with Crippen LogP contribution >= 0.6 is 0 Å². The number of rotatable bonds is 3. The summed E-state index contributed by atoms with van der Waals surface area (Å²) in [5, 5.41) is 0. The van der Waals surface area contributed by atoms with Crippen LogP contribution in [-0.2, 0) is 11.3 Å². The van der Waals surface area contributed by atoms with Crippen molar-refractivity contribution < 1.29 is 9.53 Å². The SMILES string of the molecule is CC(=O)c1cccn1CC1CCCO1. The standard InChI is InChI=1S/C11H15NO2/c1-9(13)11-5-2-6-12(11)8-10-4-3-7-14-10/h2,5-6,10H,3-4,7-8H2,1H3. The van der Waals surface area contributed by atoms with Crippen molar-refractivity contribution in [3.63, 3.8) is 0 Å². The van der Waals surface area contributed by atoms with Crippen LogP contribution in [-0.4, -0.2) is 23.1 Å². The minimum atomic E-state index is 0.119. The molecule has 14 heavy (non-hydrogen) atoms. The molecule has 3 nitrogen and oxygen atoms in total. The Balaban J connectivity index is 2.07. The van der Waals surface area contributed by atoms with Crippen molar-refractivity contribution in [3.8, 4) is 0 Å². The molecule has 0 amide bonds. The minimum absolute atomic E-state index is 0.119. The van der Waals surface area contributed by atoms with Gasteiger partial charge in [0.15, 0.2) is 5.78 Å². The summed E-state index contributed by atoms with van der Waals surface area (Å²) < 4.78 is 7.51. The Kier molecular flexibility index (Phi) is 2.68. The molecule has 0 N–H and O–H groups in total. The fourth-order valence-electron chi connectivity index (χ4n) is 1.90. The Labute approximate surface area is 83.7 Å². The maximum atomic E-state index is 11.2. The average molecular weight is 193 g/mol. The van der Waals surface area contributed by atoms with Crippen LogP contribution in [0, 0.1) is 0 Å². The Bertz CT molecular complexity index is 324. The molecule has 1 atom stereocenters. The van der Waals surface area contributed by atoms with Gasteiger partial charge >= 0.3 is 0 Å². The minimum Gasteiger partial charge on any atom is -0.376 e. The Hall–Kier alpha value is -1.09. The van der Waals surface area contributed by atoms with E-state index in [0.717, 1.165) is 31.7 Å². The molecule has 2 heterocycles. The molecule has 2 rings (SSSR count). The van der Waals surface area contributed by atoms with Crippen LogP contribution in [0.3, 0.4) is 0 Å². The van der Waals surface area contributed by atoms with Crippen LogP contribution < -0.4 is 0 Å². The topological polar surface area (TPSA) is 31.2 Å². The van der Waals surface area contributed by atoms with Gasteiger partial charge in [-0.2, -0.15) is 0 Å². The van der Waals surface area contributed by atoms with E-state index in [1.165, 1.54) is 0 Å². The van der Waals surface area contributed by atoms with E-state index in [1.54, 1.807) is 6.92 Å². The fourth-order valence-corrected chi connectivity index (χ4v) is 1.90. The third-order valence-electron chi connectivity index (χ3n) is 2.61. The van der Waals surface area contributed by atoms with Crippen LogP contribution in [0.25, 0.3) is 0 Å². The normalized spacial score (nSPS) is 21.4. The van der Waals surface area contributed by atoms with E-state index >= 15 is 0 Å². The Morgan fingerprint density at radius 2 is 2.57 bits per heavy atom. The smallest absolute Gasteiger partial charge is 0.176 e. The molecule has 1 fully saturated rings. The summed E-state index contributed by atoms with van der Waals surface area (Å²) in [7, 11) is 0. The number of ether oxygens (including phenoxy) is 1. The molecule has 0 saturated carbocycles. The van der Waals surface area contributed by atoms with Crippen molar-refractivity contribution in [2.75, 3.05) is 6.61 Å². The molecule has 0 aliphatic carbocycles. The van der Waals surface area contributed by atoms with Crippen LogP contribution in [0.15, 0.2) is 18.3 Å². The maximum Gasteiger partial charge on any atom is 0.176 e. The molecule has 0 radical (unpaired) electrons. The summed E-state index contributed by atoms with van der Waals surface area (Å²) >= 11 is 0. The van der Waals surface area contributed by atoms with Crippen molar-refractivity contribution in [2.45, 2.75) is 32.4 Å². The fraction of sp³-hybridized carbons (Fsp3) is 0.545. The summed E-state index contributed by atoms with van der Waals surface area (Å²) in [6.45, 7) is 3.27. The van der Waals surface area contributed by atoms with Gasteiger partial charge in [0.2, 0.25) is 0 Å². The predicted molar refractivity (Wildman–Crippen MR) is 53.4 cm³/mol. The second-order valence-electron chi connectivity index (χ2n) is 3.74. The molecule has 0 aromatic carbocycles. The molecule has 1 aliphatic rings. The summed E-state index contributed by atoms with van der Waals surface area (Å²) in [6.07, 6.45) is 4.48. The summed E-state index contributed by atoms with van der Waals surface area (Å²) in [5.41, 5.74) is 0.778. The highest BCUT2D eigenvalue weighted by molar-refractivity contribution is 5.92. The monoisotopic (exact) mass is 193 g/mol. The van der Waals surface area contributed by atoms with Gasteiger partial charge in [-0.15, -0.1) is 0 Å². The summed E-state index contributed by atoms with van der Waals surface area (Å²) in [4.78, 5) is 11.2. The number of Topliss-reactive ketones (excluding diaryl/α,β-unsaturated/α-hetero) is 1. The number of aromatic nitrogens is 1. The van der Waals surface area contributed by atoms with Crippen LogP contribution in [0.4, 0.5) is 0 Å². The van der Waals surface area contributed by atoms with E-state index in [2.05, 4.69) is 0 Å². The Morgan fingerprint density at radius 3 is 3.21 bits per heavy atom. The number of carbonyl (C=O) groups is 1. The molecule has 1 aliphatic heterocycles. The third-order valence-corrected chi connectivity index (χ3v) is 2.61. The third kappa shape index (κ3) is 1.87. The number of nitrogens with zero attached hydrogens (tertiary/aromatic N) is 1. The van der Waals surface area contributed by atoms with E-state index in [9.17, 15) is 4.79 Å². The molecule has 3 heteroatoms.